The van der Waals surface area contributed by atoms with E-state index in [9.17, 15) is 0 Å². The molecule has 0 saturated heterocycles. The lowest BCUT2D eigenvalue weighted by molar-refractivity contribution is 0.669. The summed E-state index contributed by atoms with van der Waals surface area (Å²) in [5, 5.41) is 11.0. The smallest absolute Gasteiger partial charge is 0.164 e. The van der Waals surface area contributed by atoms with E-state index < -0.39 is 0 Å². The van der Waals surface area contributed by atoms with Crippen LogP contribution < -0.4 is 0 Å². The van der Waals surface area contributed by atoms with Gasteiger partial charge in [0.05, 0.1) is 0 Å². The van der Waals surface area contributed by atoms with Crippen molar-refractivity contribution >= 4 is 97.1 Å². The van der Waals surface area contributed by atoms with Gasteiger partial charge in [-0.3, -0.25) is 0 Å². The number of fused-ring (bicyclic) bond motifs is 13. The molecule has 0 aliphatic heterocycles. The quantitative estimate of drug-likeness (QED) is 0.186. The molecule has 5 heteroatoms. The predicted molar refractivity (Wildman–Crippen MR) is 210 cm³/mol. The van der Waals surface area contributed by atoms with Gasteiger partial charge in [-0.1, -0.05) is 115 Å². The highest BCUT2D eigenvalue weighted by Gasteiger charge is 2.15. The zero-order chi connectivity index (χ0) is 32.8. The van der Waals surface area contributed by atoms with E-state index in [1.807, 2.05) is 12.1 Å². The summed E-state index contributed by atoms with van der Waals surface area (Å²) in [5.41, 5.74) is 6.30. The number of aromatic nitrogens is 3. The Bertz CT molecular complexity index is 3220. The molecule has 4 heterocycles. The van der Waals surface area contributed by atoms with Crippen LogP contribution in [0.25, 0.3) is 108 Å². The molecular weight excluding hydrogens is 631 g/mol. The van der Waals surface area contributed by atoms with Crippen LogP contribution in [0.15, 0.2) is 156 Å². The molecule has 0 aliphatic rings. The molecule has 11 aromatic rings. The number of rotatable bonds is 2. The van der Waals surface area contributed by atoms with Crippen molar-refractivity contribution in [2.75, 3.05) is 0 Å². The van der Waals surface area contributed by atoms with Gasteiger partial charge in [0.2, 0.25) is 0 Å². The summed E-state index contributed by atoms with van der Waals surface area (Å²) in [6.07, 6.45) is 0. The number of thiophene rings is 1. The Morgan fingerprint density at radius 3 is 1.90 bits per heavy atom. The molecule has 50 heavy (non-hydrogen) atoms. The highest BCUT2D eigenvalue weighted by Crippen LogP contribution is 2.39. The summed E-state index contributed by atoms with van der Waals surface area (Å²) in [6, 6.07) is 53.6. The topological polar surface area (TPSA) is 51.8 Å². The van der Waals surface area contributed by atoms with E-state index in [4.69, 9.17) is 19.4 Å². The van der Waals surface area contributed by atoms with E-state index in [0.717, 1.165) is 59.8 Å². The standard InChI is InChI=1S/C45H25N3OS/c1-2-8-26(9-3-1)27-16-19-34-35-20-17-31(25-41(35)50-40(34)24-27)44-46-43-30-11-6-10-28(22-30)32-12-4-5-13-33(32)29-18-21-38-37(23-29)42-36(45(47-43)48-44)14-7-15-39(42)49-38/h1-25H. The van der Waals surface area contributed by atoms with Gasteiger partial charge in [-0.15, -0.1) is 11.3 Å². The molecule has 0 fully saturated rings. The van der Waals surface area contributed by atoms with Crippen LogP contribution in [-0.2, 0) is 0 Å². The van der Waals surface area contributed by atoms with E-state index in [1.54, 1.807) is 11.3 Å². The third-order valence-corrected chi connectivity index (χ3v) is 11.0. The second kappa shape index (κ2) is 10.5. The Morgan fingerprint density at radius 2 is 1.06 bits per heavy atom. The van der Waals surface area contributed by atoms with Gasteiger partial charge in [0.15, 0.2) is 17.1 Å². The fourth-order valence-corrected chi connectivity index (χ4v) is 8.66. The molecule has 0 unspecified atom stereocenters. The molecule has 0 aliphatic carbocycles. The number of nitrogens with zero attached hydrogens (tertiary/aromatic N) is 3. The summed E-state index contributed by atoms with van der Waals surface area (Å²) >= 11 is 1.81. The normalized spacial score (nSPS) is 12.0. The number of furan rings is 1. The first kappa shape index (κ1) is 27.5. The van der Waals surface area contributed by atoms with Crippen LogP contribution in [0.4, 0.5) is 0 Å². The van der Waals surface area contributed by atoms with Crippen LogP contribution in [0.2, 0.25) is 0 Å². The molecule has 0 radical (unpaired) electrons. The van der Waals surface area contributed by atoms with Gasteiger partial charge < -0.3 is 4.42 Å². The average Bonchev–Trinajstić information content (AvgIpc) is 3.75. The minimum absolute atomic E-state index is 0.620. The fourth-order valence-electron chi connectivity index (χ4n) is 7.47. The minimum Gasteiger partial charge on any atom is -0.456 e. The maximum Gasteiger partial charge on any atom is 0.164 e. The highest BCUT2D eigenvalue weighted by atomic mass is 32.1. The lowest BCUT2D eigenvalue weighted by Gasteiger charge is -2.04. The third-order valence-electron chi connectivity index (χ3n) is 9.88. The van der Waals surface area contributed by atoms with Gasteiger partial charge in [-0.2, -0.15) is 0 Å². The van der Waals surface area contributed by atoms with Crippen LogP contribution in [0.1, 0.15) is 0 Å². The summed E-state index contributed by atoms with van der Waals surface area (Å²) < 4.78 is 8.87. The van der Waals surface area contributed by atoms with Gasteiger partial charge in [0, 0.05) is 47.3 Å². The number of hydrogen-bond donors (Lipinski definition) is 0. The van der Waals surface area contributed by atoms with Crippen molar-refractivity contribution in [1.29, 1.82) is 0 Å². The number of hydrogen-bond acceptors (Lipinski definition) is 5. The van der Waals surface area contributed by atoms with Crippen molar-refractivity contribution < 1.29 is 4.42 Å². The lowest BCUT2D eigenvalue weighted by Crippen LogP contribution is -1.94. The highest BCUT2D eigenvalue weighted by molar-refractivity contribution is 7.25. The van der Waals surface area contributed by atoms with E-state index in [2.05, 4.69) is 140 Å². The second-order valence-electron chi connectivity index (χ2n) is 12.8. The van der Waals surface area contributed by atoms with Crippen molar-refractivity contribution in [2.24, 2.45) is 0 Å². The Kier molecular flexibility index (Phi) is 5.80. The molecule has 232 valence electrons. The van der Waals surface area contributed by atoms with E-state index >= 15 is 0 Å². The molecule has 0 amide bonds. The van der Waals surface area contributed by atoms with Gasteiger partial charge in [0.25, 0.3) is 0 Å². The number of benzene rings is 7. The molecule has 6 bridgehead atoms. The molecule has 0 spiro atoms. The van der Waals surface area contributed by atoms with Crippen molar-refractivity contribution in [3.05, 3.63) is 152 Å². The van der Waals surface area contributed by atoms with Crippen molar-refractivity contribution in [1.82, 2.24) is 15.0 Å². The van der Waals surface area contributed by atoms with E-state index in [0.29, 0.717) is 17.1 Å². The molecule has 4 nitrogen and oxygen atoms in total. The Balaban J connectivity index is 1.23. The van der Waals surface area contributed by atoms with Crippen LogP contribution in [-0.4, -0.2) is 15.0 Å². The zero-order valence-electron chi connectivity index (χ0n) is 26.6. The summed E-state index contributed by atoms with van der Waals surface area (Å²) in [5.74, 6) is 0.639. The van der Waals surface area contributed by atoms with Gasteiger partial charge >= 0.3 is 0 Å². The fraction of sp³-hybridized carbons (Fsp3) is 0. The summed E-state index contributed by atoms with van der Waals surface area (Å²) in [7, 11) is 0. The maximum absolute atomic E-state index is 6.41. The Labute approximate surface area is 289 Å². The van der Waals surface area contributed by atoms with Gasteiger partial charge in [0.1, 0.15) is 11.2 Å². The molecule has 0 N–H and O–H groups in total. The van der Waals surface area contributed by atoms with Crippen molar-refractivity contribution in [2.45, 2.75) is 0 Å². The van der Waals surface area contributed by atoms with Crippen LogP contribution >= 0.6 is 11.3 Å². The molecular formula is C45H25N3OS. The monoisotopic (exact) mass is 655 g/mol. The zero-order valence-corrected chi connectivity index (χ0v) is 27.4. The van der Waals surface area contributed by atoms with Gasteiger partial charge in [-0.05, 0) is 69.1 Å². The van der Waals surface area contributed by atoms with Crippen LogP contribution in [0, 0.1) is 0 Å². The minimum atomic E-state index is 0.620. The van der Waals surface area contributed by atoms with Crippen LogP contribution in [0.5, 0.6) is 0 Å². The molecule has 7 aromatic carbocycles. The Hall–Kier alpha value is -6.43. The predicted octanol–water partition coefficient (Wildman–Crippen LogP) is 12.6. The first-order valence-corrected chi connectivity index (χ1v) is 17.5. The first-order chi connectivity index (χ1) is 24.7. The molecule has 4 aromatic heterocycles. The largest absolute Gasteiger partial charge is 0.456 e. The van der Waals surface area contributed by atoms with Gasteiger partial charge in [-0.25, -0.2) is 15.0 Å². The SMILES string of the molecule is c1ccc(-c2ccc3c(c2)sc2cc(-c4nc5nc(n4)c4cccc6oc7ccc(cc7c64)c4ccccc4c4cccc5c4)ccc23)cc1. The molecule has 0 saturated carbocycles. The second-order valence-corrected chi connectivity index (χ2v) is 13.9. The van der Waals surface area contributed by atoms with Crippen molar-refractivity contribution in [3.63, 3.8) is 0 Å². The Morgan fingerprint density at radius 1 is 0.380 bits per heavy atom. The van der Waals surface area contributed by atoms with Crippen LogP contribution in [0.3, 0.4) is 0 Å². The summed E-state index contributed by atoms with van der Waals surface area (Å²) in [6.45, 7) is 0. The first-order valence-electron chi connectivity index (χ1n) is 16.7. The average molecular weight is 656 g/mol. The lowest BCUT2D eigenvalue weighted by atomic mass is 10.0. The summed E-state index contributed by atoms with van der Waals surface area (Å²) in [4.78, 5) is 15.5. The molecule has 11 rings (SSSR count). The third kappa shape index (κ3) is 4.20. The molecule has 0 atom stereocenters. The van der Waals surface area contributed by atoms with E-state index in [-0.39, 0.29) is 0 Å². The van der Waals surface area contributed by atoms with E-state index in [1.165, 1.54) is 31.3 Å². The maximum atomic E-state index is 6.41. The van der Waals surface area contributed by atoms with Crippen molar-refractivity contribution in [3.8, 4) is 22.5 Å².